The van der Waals surface area contributed by atoms with Crippen molar-refractivity contribution in [2.75, 3.05) is 26.3 Å². The quantitative estimate of drug-likeness (QED) is 0.725. The third-order valence-corrected chi connectivity index (χ3v) is 2.52. The number of likely N-dealkylation sites (N-methyl/N-ethyl adjacent to an activating group) is 1. The molecule has 0 bridgehead atoms. The van der Waals surface area contributed by atoms with E-state index in [1.54, 1.807) is 0 Å². The van der Waals surface area contributed by atoms with E-state index < -0.39 is 0 Å². The van der Waals surface area contributed by atoms with Gasteiger partial charge in [-0.3, -0.25) is 4.90 Å². The summed E-state index contributed by atoms with van der Waals surface area (Å²) < 4.78 is 5.30. The highest BCUT2D eigenvalue weighted by atomic mass is 16.5. The van der Waals surface area contributed by atoms with Crippen molar-refractivity contribution in [3.63, 3.8) is 0 Å². The highest BCUT2D eigenvalue weighted by molar-refractivity contribution is 5.27. The van der Waals surface area contributed by atoms with Crippen molar-refractivity contribution in [2.45, 2.75) is 13.5 Å². The van der Waals surface area contributed by atoms with Crippen molar-refractivity contribution in [3.8, 4) is 18.1 Å². The number of benzene rings is 1. The van der Waals surface area contributed by atoms with E-state index in [1.807, 2.05) is 24.3 Å². The molecule has 0 heterocycles. The molecule has 1 aromatic carbocycles. The summed E-state index contributed by atoms with van der Waals surface area (Å²) in [7, 11) is 0. The monoisotopic (exact) mass is 233 g/mol. The maximum absolute atomic E-state index is 8.91. The summed E-state index contributed by atoms with van der Waals surface area (Å²) >= 11 is 0. The van der Waals surface area contributed by atoms with Gasteiger partial charge >= 0.3 is 0 Å². The van der Waals surface area contributed by atoms with E-state index in [-0.39, 0.29) is 6.61 Å². The Balaban J connectivity index is 2.52. The first-order valence-corrected chi connectivity index (χ1v) is 5.78. The van der Waals surface area contributed by atoms with Gasteiger partial charge in [0.05, 0.1) is 6.61 Å². The zero-order valence-corrected chi connectivity index (χ0v) is 10.2. The molecule has 0 aromatic heterocycles. The molecule has 0 aliphatic rings. The Morgan fingerprint density at radius 1 is 1.35 bits per heavy atom. The average Bonchev–Trinajstić information content (AvgIpc) is 2.37. The summed E-state index contributed by atoms with van der Waals surface area (Å²) in [5.41, 5.74) is 1.20. The molecule has 1 aromatic rings. The van der Waals surface area contributed by atoms with Gasteiger partial charge in [0.25, 0.3) is 0 Å². The molecule has 1 rings (SSSR count). The van der Waals surface area contributed by atoms with Crippen molar-refractivity contribution < 1.29 is 9.84 Å². The van der Waals surface area contributed by atoms with Crippen LogP contribution in [0.5, 0.6) is 5.75 Å². The van der Waals surface area contributed by atoms with Gasteiger partial charge in [-0.2, -0.15) is 0 Å². The van der Waals surface area contributed by atoms with E-state index in [0.29, 0.717) is 13.2 Å². The highest BCUT2D eigenvalue weighted by Gasteiger charge is 2.02. The molecule has 0 aliphatic carbocycles. The highest BCUT2D eigenvalue weighted by Crippen LogP contribution is 2.13. The molecule has 0 unspecified atom stereocenters. The van der Waals surface area contributed by atoms with Crippen LogP contribution in [0.3, 0.4) is 0 Å². The number of nitrogens with zero attached hydrogens (tertiary/aromatic N) is 1. The Labute approximate surface area is 103 Å². The van der Waals surface area contributed by atoms with Gasteiger partial charge in [-0.1, -0.05) is 25.0 Å². The predicted molar refractivity (Wildman–Crippen MR) is 68.8 cm³/mol. The molecule has 0 spiro atoms. The summed E-state index contributed by atoms with van der Waals surface area (Å²) in [5, 5.41) is 8.91. The van der Waals surface area contributed by atoms with Crippen LogP contribution in [0.4, 0.5) is 0 Å². The lowest BCUT2D eigenvalue weighted by Gasteiger charge is -2.19. The second-order valence-corrected chi connectivity index (χ2v) is 3.73. The minimum Gasteiger partial charge on any atom is -0.481 e. The van der Waals surface area contributed by atoms with Crippen LogP contribution < -0.4 is 4.74 Å². The van der Waals surface area contributed by atoms with Gasteiger partial charge in [-0.15, -0.1) is 6.42 Å². The van der Waals surface area contributed by atoms with Crippen LogP contribution in [0.1, 0.15) is 12.5 Å². The number of hydrogen-bond acceptors (Lipinski definition) is 3. The third kappa shape index (κ3) is 4.90. The molecule has 0 atom stereocenters. The summed E-state index contributed by atoms with van der Waals surface area (Å²) in [5.74, 6) is 3.22. The molecule has 3 nitrogen and oxygen atoms in total. The molecule has 0 radical (unpaired) electrons. The van der Waals surface area contributed by atoms with Crippen molar-refractivity contribution in [1.82, 2.24) is 4.90 Å². The van der Waals surface area contributed by atoms with E-state index >= 15 is 0 Å². The molecule has 92 valence electrons. The Bertz CT molecular complexity index is 353. The smallest absolute Gasteiger partial charge is 0.148 e. The molecule has 0 aliphatic heterocycles. The molecule has 0 saturated heterocycles. The van der Waals surface area contributed by atoms with Gasteiger partial charge < -0.3 is 9.84 Å². The van der Waals surface area contributed by atoms with E-state index in [9.17, 15) is 0 Å². The molecule has 17 heavy (non-hydrogen) atoms. The van der Waals surface area contributed by atoms with Crippen LogP contribution in [0, 0.1) is 12.3 Å². The lowest BCUT2D eigenvalue weighted by molar-refractivity contribution is 0.197. The van der Waals surface area contributed by atoms with Crippen LogP contribution in [0.2, 0.25) is 0 Å². The molecule has 1 N–H and O–H groups in total. The zero-order chi connectivity index (χ0) is 12.5. The van der Waals surface area contributed by atoms with Crippen LogP contribution in [-0.2, 0) is 6.54 Å². The van der Waals surface area contributed by atoms with Crippen molar-refractivity contribution in [1.29, 1.82) is 0 Å². The van der Waals surface area contributed by atoms with Gasteiger partial charge in [0, 0.05) is 13.1 Å². The fourth-order valence-corrected chi connectivity index (χ4v) is 1.56. The number of aliphatic hydroxyl groups is 1. The van der Waals surface area contributed by atoms with E-state index in [1.165, 1.54) is 5.56 Å². The topological polar surface area (TPSA) is 32.7 Å². The van der Waals surface area contributed by atoms with Gasteiger partial charge in [0.2, 0.25) is 0 Å². The standard InChI is InChI=1S/C14H19NO2/c1-3-11-17-14-7-5-13(6-8-14)12-15(4-2)9-10-16/h1,5-8,16H,4,9-12H2,2H3. The molecule has 0 fully saturated rings. The largest absolute Gasteiger partial charge is 0.481 e. The minimum absolute atomic E-state index is 0.192. The summed E-state index contributed by atoms with van der Waals surface area (Å²) in [4.78, 5) is 2.18. The van der Waals surface area contributed by atoms with E-state index in [0.717, 1.165) is 18.8 Å². The minimum atomic E-state index is 0.192. The Morgan fingerprint density at radius 3 is 2.59 bits per heavy atom. The molecule has 3 heteroatoms. The summed E-state index contributed by atoms with van der Waals surface area (Å²) in [6.45, 7) is 5.04. The first-order chi connectivity index (χ1) is 8.30. The molecule has 0 saturated carbocycles. The lowest BCUT2D eigenvalue weighted by Crippen LogP contribution is -2.25. The normalized spacial score (nSPS) is 10.2. The first kappa shape index (κ1) is 13.6. The van der Waals surface area contributed by atoms with Gasteiger partial charge in [-0.25, -0.2) is 0 Å². The Kier molecular flexibility index (Phi) is 6.16. The van der Waals surface area contributed by atoms with E-state index in [4.69, 9.17) is 16.3 Å². The number of rotatable bonds is 7. The van der Waals surface area contributed by atoms with Gasteiger partial charge in [0.1, 0.15) is 12.4 Å². The van der Waals surface area contributed by atoms with E-state index in [2.05, 4.69) is 17.7 Å². The number of hydrogen-bond donors (Lipinski definition) is 1. The Morgan fingerprint density at radius 2 is 2.06 bits per heavy atom. The lowest BCUT2D eigenvalue weighted by atomic mass is 10.2. The molecular formula is C14H19NO2. The first-order valence-electron chi connectivity index (χ1n) is 5.78. The van der Waals surface area contributed by atoms with Crippen LogP contribution in [0.25, 0.3) is 0 Å². The fraction of sp³-hybridized carbons (Fsp3) is 0.429. The molecular weight excluding hydrogens is 214 g/mol. The second-order valence-electron chi connectivity index (χ2n) is 3.73. The summed E-state index contributed by atoms with van der Waals surface area (Å²) in [6, 6.07) is 7.87. The summed E-state index contributed by atoms with van der Waals surface area (Å²) in [6.07, 6.45) is 5.12. The maximum atomic E-state index is 8.91. The van der Waals surface area contributed by atoms with Crippen molar-refractivity contribution in [3.05, 3.63) is 29.8 Å². The van der Waals surface area contributed by atoms with Crippen LogP contribution in [0.15, 0.2) is 24.3 Å². The van der Waals surface area contributed by atoms with Crippen LogP contribution >= 0.6 is 0 Å². The van der Waals surface area contributed by atoms with Gasteiger partial charge in [0.15, 0.2) is 0 Å². The second kappa shape index (κ2) is 7.72. The maximum Gasteiger partial charge on any atom is 0.148 e. The third-order valence-electron chi connectivity index (χ3n) is 2.52. The molecule has 0 amide bonds. The van der Waals surface area contributed by atoms with Crippen molar-refractivity contribution in [2.24, 2.45) is 0 Å². The van der Waals surface area contributed by atoms with Crippen LogP contribution in [-0.4, -0.2) is 36.3 Å². The Hall–Kier alpha value is -1.50. The number of ether oxygens (including phenoxy) is 1. The fourth-order valence-electron chi connectivity index (χ4n) is 1.56. The average molecular weight is 233 g/mol. The van der Waals surface area contributed by atoms with Crippen molar-refractivity contribution >= 4 is 0 Å². The number of aliphatic hydroxyl groups excluding tert-OH is 1. The SMILES string of the molecule is C#CCOc1ccc(CN(CC)CCO)cc1. The predicted octanol–water partition coefficient (Wildman–Crippen LogP) is 1.51. The van der Waals surface area contributed by atoms with Gasteiger partial charge in [-0.05, 0) is 24.2 Å². The number of terminal acetylenes is 1. The zero-order valence-electron chi connectivity index (χ0n) is 10.2.